The maximum Gasteiger partial charge on any atom is 0.318 e. The Morgan fingerprint density at radius 2 is 2.12 bits per heavy atom. The Bertz CT molecular complexity index is 270. The molecule has 2 atom stereocenters. The van der Waals surface area contributed by atoms with E-state index in [0.717, 1.165) is 19.4 Å². The zero-order chi connectivity index (χ0) is 12.1. The number of likely N-dealkylation sites (tertiary alicyclic amines) is 1. The molecule has 1 aliphatic heterocycles. The van der Waals surface area contributed by atoms with Crippen molar-refractivity contribution in [3.63, 3.8) is 0 Å². The van der Waals surface area contributed by atoms with Gasteiger partial charge in [0.1, 0.15) is 0 Å². The van der Waals surface area contributed by atoms with Crippen LogP contribution in [0.5, 0.6) is 0 Å². The Hall–Kier alpha value is -1.14. The highest BCUT2D eigenvalue weighted by Crippen LogP contribution is 2.20. The van der Waals surface area contributed by atoms with E-state index in [4.69, 9.17) is 11.5 Å². The number of carbonyl (C=O) groups is 2. The van der Waals surface area contributed by atoms with Crippen LogP contribution < -0.4 is 16.8 Å². The molecule has 0 spiro atoms. The van der Waals surface area contributed by atoms with Crippen LogP contribution in [-0.4, -0.2) is 42.5 Å². The van der Waals surface area contributed by atoms with Gasteiger partial charge in [0.2, 0.25) is 5.91 Å². The van der Waals surface area contributed by atoms with Gasteiger partial charge in [-0.3, -0.25) is 15.0 Å². The molecule has 2 unspecified atom stereocenters. The van der Waals surface area contributed by atoms with Gasteiger partial charge >= 0.3 is 6.03 Å². The van der Waals surface area contributed by atoms with E-state index in [1.807, 2.05) is 4.90 Å². The lowest BCUT2D eigenvalue weighted by atomic mass is 9.93. The highest BCUT2D eigenvalue weighted by molar-refractivity contribution is 5.94. The second-order valence-corrected chi connectivity index (χ2v) is 4.37. The molecule has 0 aliphatic carbocycles. The van der Waals surface area contributed by atoms with E-state index in [0.29, 0.717) is 18.5 Å². The van der Waals surface area contributed by atoms with Crippen molar-refractivity contribution in [1.29, 1.82) is 0 Å². The third-order valence-electron chi connectivity index (χ3n) is 3.05. The van der Waals surface area contributed by atoms with Gasteiger partial charge < -0.3 is 11.5 Å². The van der Waals surface area contributed by atoms with Gasteiger partial charge in [-0.15, -0.1) is 0 Å². The van der Waals surface area contributed by atoms with Gasteiger partial charge in [-0.05, 0) is 32.2 Å². The molecular formula is C10H20N4O2. The molecule has 0 aromatic heterocycles. The van der Waals surface area contributed by atoms with Crippen LogP contribution in [0.4, 0.5) is 4.79 Å². The van der Waals surface area contributed by atoms with Crippen molar-refractivity contribution in [2.75, 3.05) is 19.6 Å². The molecular weight excluding hydrogens is 208 g/mol. The molecule has 0 radical (unpaired) electrons. The summed E-state index contributed by atoms with van der Waals surface area (Å²) in [5, 5.41) is 2.07. The van der Waals surface area contributed by atoms with Crippen LogP contribution in [0.2, 0.25) is 0 Å². The topological polar surface area (TPSA) is 101 Å². The van der Waals surface area contributed by atoms with Gasteiger partial charge in [0.25, 0.3) is 0 Å². The number of nitrogens with two attached hydrogens (primary N) is 2. The Kier molecular flexibility index (Phi) is 4.70. The summed E-state index contributed by atoms with van der Waals surface area (Å²) in [6.07, 6.45) is 2.14. The Labute approximate surface area is 95.3 Å². The molecule has 1 saturated heterocycles. The minimum absolute atomic E-state index is 0.209. The van der Waals surface area contributed by atoms with Crippen LogP contribution in [0, 0.1) is 5.92 Å². The molecule has 1 rings (SSSR count). The van der Waals surface area contributed by atoms with Gasteiger partial charge in [-0.1, -0.05) is 0 Å². The molecule has 3 amide bonds. The maximum atomic E-state index is 11.4. The number of urea groups is 1. The predicted octanol–water partition coefficient (Wildman–Crippen LogP) is -0.759. The number of nitrogens with zero attached hydrogens (tertiary/aromatic N) is 1. The van der Waals surface area contributed by atoms with Crippen molar-refractivity contribution in [1.82, 2.24) is 10.2 Å². The average Bonchev–Trinajstić information content (AvgIpc) is 2.20. The molecule has 1 fully saturated rings. The standard InChI is InChI=1S/C10H20N4O2/c1-7-2-3-8(4-11)5-14(7)6-9(15)13-10(12)16/h7-8H,2-6,11H2,1H3,(H3,12,13,15,16). The highest BCUT2D eigenvalue weighted by Gasteiger charge is 2.26. The number of piperidine rings is 1. The van der Waals surface area contributed by atoms with Crippen LogP contribution in [0.25, 0.3) is 0 Å². The van der Waals surface area contributed by atoms with Crippen molar-refractivity contribution in [3.8, 4) is 0 Å². The SMILES string of the molecule is CC1CCC(CN)CN1CC(=O)NC(N)=O. The first-order valence-electron chi connectivity index (χ1n) is 5.56. The summed E-state index contributed by atoms with van der Waals surface area (Å²) >= 11 is 0. The molecule has 16 heavy (non-hydrogen) atoms. The molecule has 6 heteroatoms. The molecule has 0 saturated carbocycles. The first kappa shape index (κ1) is 12.9. The highest BCUT2D eigenvalue weighted by atomic mass is 16.2. The fraction of sp³-hybridized carbons (Fsp3) is 0.800. The van der Waals surface area contributed by atoms with Gasteiger partial charge in [0, 0.05) is 12.6 Å². The summed E-state index contributed by atoms with van der Waals surface area (Å²) in [5.41, 5.74) is 10.5. The van der Waals surface area contributed by atoms with E-state index in [-0.39, 0.29) is 12.5 Å². The van der Waals surface area contributed by atoms with Gasteiger partial charge in [-0.25, -0.2) is 4.79 Å². The molecule has 0 bridgehead atoms. The summed E-state index contributed by atoms with van der Waals surface area (Å²) in [7, 11) is 0. The van der Waals surface area contributed by atoms with Crippen molar-refractivity contribution in [2.24, 2.45) is 17.4 Å². The monoisotopic (exact) mass is 228 g/mol. The van der Waals surface area contributed by atoms with Crippen LogP contribution >= 0.6 is 0 Å². The van der Waals surface area contributed by atoms with Crippen LogP contribution in [0.3, 0.4) is 0 Å². The smallest absolute Gasteiger partial charge is 0.318 e. The summed E-state index contributed by atoms with van der Waals surface area (Å²) in [4.78, 5) is 23.9. The van der Waals surface area contributed by atoms with E-state index in [1.165, 1.54) is 0 Å². The van der Waals surface area contributed by atoms with Crippen LogP contribution in [-0.2, 0) is 4.79 Å². The van der Waals surface area contributed by atoms with E-state index in [2.05, 4.69) is 12.2 Å². The first-order chi connectivity index (χ1) is 7.52. The van der Waals surface area contributed by atoms with E-state index >= 15 is 0 Å². The predicted molar refractivity (Wildman–Crippen MR) is 60.5 cm³/mol. The number of nitrogens with one attached hydrogen (secondary N) is 1. The average molecular weight is 228 g/mol. The van der Waals surface area contributed by atoms with Gasteiger partial charge in [0.05, 0.1) is 6.54 Å². The molecule has 5 N–H and O–H groups in total. The van der Waals surface area contributed by atoms with Crippen molar-refractivity contribution >= 4 is 11.9 Å². The van der Waals surface area contributed by atoms with E-state index < -0.39 is 6.03 Å². The Morgan fingerprint density at radius 3 is 2.69 bits per heavy atom. The molecule has 1 aliphatic rings. The summed E-state index contributed by atoms with van der Waals surface area (Å²) in [5.74, 6) is 0.0922. The molecule has 0 aromatic carbocycles. The second-order valence-electron chi connectivity index (χ2n) is 4.37. The zero-order valence-corrected chi connectivity index (χ0v) is 9.61. The zero-order valence-electron chi connectivity index (χ0n) is 9.61. The summed E-state index contributed by atoms with van der Waals surface area (Å²) in [6, 6.07) is -0.452. The summed E-state index contributed by atoms with van der Waals surface area (Å²) < 4.78 is 0. The Morgan fingerprint density at radius 1 is 1.44 bits per heavy atom. The number of carbonyl (C=O) groups excluding carboxylic acids is 2. The molecule has 6 nitrogen and oxygen atoms in total. The van der Waals surface area contributed by atoms with Crippen LogP contribution in [0.1, 0.15) is 19.8 Å². The van der Waals surface area contributed by atoms with E-state index in [9.17, 15) is 9.59 Å². The van der Waals surface area contributed by atoms with Crippen molar-refractivity contribution in [3.05, 3.63) is 0 Å². The van der Waals surface area contributed by atoms with Gasteiger partial charge in [-0.2, -0.15) is 0 Å². The van der Waals surface area contributed by atoms with Gasteiger partial charge in [0.15, 0.2) is 0 Å². The second kappa shape index (κ2) is 5.81. The Balaban J connectivity index is 2.44. The number of primary amides is 1. The number of hydrogen-bond donors (Lipinski definition) is 3. The maximum absolute atomic E-state index is 11.4. The third-order valence-corrected chi connectivity index (χ3v) is 3.05. The third kappa shape index (κ3) is 3.79. The fourth-order valence-corrected chi connectivity index (χ4v) is 2.04. The minimum atomic E-state index is -0.801. The number of amides is 3. The van der Waals surface area contributed by atoms with E-state index in [1.54, 1.807) is 0 Å². The summed E-state index contributed by atoms with van der Waals surface area (Å²) in [6.45, 7) is 3.73. The lowest BCUT2D eigenvalue weighted by molar-refractivity contribution is -0.122. The normalized spacial score (nSPS) is 26.4. The van der Waals surface area contributed by atoms with Crippen LogP contribution in [0.15, 0.2) is 0 Å². The number of hydrogen-bond acceptors (Lipinski definition) is 4. The lowest BCUT2D eigenvalue weighted by Gasteiger charge is -2.36. The first-order valence-corrected chi connectivity index (χ1v) is 5.56. The fourth-order valence-electron chi connectivity index (χ4n) is 2.04. The quantitative estimate of drug-likeness (QED) is 0.591. The largest absolute Gasteiger partial charge is 0.351 e. The number of rotatable bonds is 3. The minimum Gasteiger partial charge on any atom is -0.351 e. The van der Waals surface area contributed by atoms with Crippen molar-refractivity contribution < 1.29 is 9.59 Å². The van der Waals surface area contributed by atoms with Crippen molar-refractivity contribution in [2.45, 2.75) is 25.8 Å². The molecule has 0 aromatic rings. The lowest BCUT2D eigenvalue weighted by Crippen LogP contribution is -2.49. The number of imide groups is 1. The molecule has 92 valence electrons. The molecule has 1 heterocycles.